The van der Waals surface area contributed by atoms with Crippen LogP contribution in [0.25, 0.3) is 0 Å². The molecule has 0 amide bonds. The van der Waals surface area contributed by atoms with Gasteiger partial charge >= 0.3 is 5.97 Å². The van der Waals surface area contributed by atoms with Gasteiger partial charge in [-0.25, -0.2) is 0 Å². The molecule has 1 N–H and O–H groups in total. The molecular formula is C13H16O3. The van der Waals surface area contributed by atoms with E-state index in [4.69, 9.17) is 5.11 Å². The van der Waals surface area contributed by atoms with Gasteiger partial charge in [-0.2, -0.15) is 0 Å². The third-order valence-corrected chi connectivity index (χ3v) is 2.99. The van der Waals surface area contributed by atoms with Crippen LogP contribution in [0.5, 0.6) is 0 Å². The van der Waals surface area contributed by atoms with Crippen molar-refractivity contribution >= 4 is 11.8 Å². The smallest absolute Gasteiger partial charge is 0.317 e. The van der Waals surface area contributed by atoms with Crippen molar-refractivity contribution in [1.82, 2.24) is 0 Å². The van der Waals surface area contributed by atoms with Crippen LogP contribution < -0.4 is 0 Å². The van der Waals surface area contributed by atoms with Crippen LogP contribution in [0, 0.1) is 12.3 Å². The van der Waals surface area contributed by atoms with E-state index in [1.165, 1.54) is 6.92 Å². The van der Waals surface area contributed by atoms with Gasteiger partial charge in [-0.3, -0.25) is 9.59 Å². The number of carboxylic acids is 1. The molecular weight excluding hydrogens is 204 g/mol. The minimum Gasteiger partial charge on any atom is -0.480 e. The second-order valence-electron chi connectivity index (χ2n) is 4.19. The number of carbonyl (C=O) groups is 2. The van der Waals surface area contributed by atoms with Crippen LogP contribution in [-0.2, 0) is 4.79 Å². The number of Topliss-reactive ketones (excluding diaryl/α,β-unsaturated/α-hetero) is 1. The lowest BCUT2D eigenvalue weighted by Gasteiger charge is -2.21. The lowest BCUT2D eigenvalue weighted by Crippen LogP contribution is -2.35. The van der Waals surface area contributed by atoms with Gasteiger partial charge in [-0.15, -0.1) is 0 Å². The van der Waals surface area contributed by atoms with E-state index in [-0.39, 0.29) is 12.2 Å². The van der Waals surface area contributed by atoms with Crippen LogP contribution >= 0.6 is 0 Å². The number of benzene rings is 1. The van der Waals surface area contributed by atoms with Crippen molar-refractivity contribution < 1.29 is 14.7 Å². The zero-order valence-electron chi connectivity index (χ0n) is 9.78. The highest BCUT2D eigenvalue weighted by Gasteiger charge is 2.39. The highest BCUT2D eigenvalue weighted by Crippen LogP contribution is 2.26. The molecule has 0 aliphatic rings. The molecule has 3 heteroatoms. The summed E-state index contributed by atoms with van der Waals surface area (Å²) in [5.41, 5.74) is 0.178. The lowest BCUT2D eigenvalue weighted by molar-refractivity contribution is -0.145. The van der Waals surface area contributed by atoms with E-state index in [0.717, 1.165) is 5.56 Å². The van der Waals surface area contributed by atoms with Gasteiger partial charge in [0, 0.05) is 5.56 Å². The number of aryl methyl sites for hydroxylation is 1. The molecule has 0 saturated heterocycles. The molecule has 0 spiro atoms. The maximum Gasteiger partial charge on any atom is 0.317 e. The summed E-state index contributed by atoms with van der Waals surface area (Å²) < 4.78 is 0. The molecule has 86 valence electrons. The molecule has 16 heavy (non-hydrogen) atoms. The Balaban J connectivity index is 3.10. The normalized spacial score (nSPS) is 14.2. The monoisotopic (exact) mass is 220 g/mol. The van der Waals surface area contributed by atoms with Crippen LogP contribution in [0.2, 0.25) is 0 Å². The molecule has 1 aromatic rings. The molecule has 0 aliphatic heterocycles. The molecule has 0 saturated carbocycles. The number of ketones is 1. The minimum atomic E-state index is -1.32. The molecule has 3 nitrogen and oxygen atoms in total. The van der Waals surface area contributed by atoms with Gasteiger partial charge in [0.2, 0.25) is 0 Å². The second kappa shape index (κ2) is 4.47. The van der Waals surface area contributed by atoms with Crippen LogP contribution in [0.15, 0.2) is 24.3 Å². The number of rotatable bonds is 4. The van der Waals surface area contributed by atoms with Crippen LogP contribution in [0.4, 0.5) is 0 Å². The fraction of sp³-hybridized carbons (Fsp3) is 0.385. The van der Waals surface area contributed by atoms with Crippen LogP contribution in [0.3, 0.4) is 0 Å². The van der Waals surface area contributed by atoms with Gasteiger partial charge < -0.3 is 5.11 Å². The Labute approximate surface area is 95.1 Å². The number of carboxylic acid groups (broad SMARTS) is 1. The topological polar surface area (TPSA) is 54.4 Å². The van der Waals surface area contributed by atoms with Gasteiger partial charge in [-0.05, 0) is 20.3 Å². The minimum absolute atomic E-state index is 0.287. The van der Waals surface area contributed by atoms with Crippen molar-refractivity contribution in [3.63, 3.8) is 0 Å². The quantitative estimate of drug-likeness (QED) is 0.627. The number of hydrogen-bond acceptors (Lipinski definition) is 2. The number of hydrogen-bond donors (Lipinski definition) is 1. The largest absolute Gasteiger partial charge is 0.480 e. The SMILES string of the molecule is CCC(C)(C(=O)O)C(=O)c1ccc(C)cc1. The summed E-state index contributed by atoms with van der Waals surface area (Å²) in [5.74, 6) is -1.40. The lowest BCUT2D eigenvalue weighted by atomic mass is 9.80. The maximum absolute atomic E-state index is 12.1. The van der Waals surface area contributed by atoms with Gasteiger partial charge in [0.15, 0.2) is 5.78 Å². The Kier molecular flexibility index (Phi) is 3.48. The molecule has 0 aliphatic carbocycles. The molecule has 0 fully saturated rings. The van der Waals surface area contributed by atoms with E-state index >= 15 is 0 Å². The summed E-state index contributed by atoms with van der Waals surface area (Å²) in [6.45, 7) is 5.10. The summed E-state index contributed by atoms with van der Waals surface area (Å²) in [7, 11) is 0. The van der Waals surface area contributed by atoms with Crippen molar-refractivity contribution in [2.24, 2.45) is 5.41 Å². The van der Waals surface area contributed by atoms with Crippen molar-refractivity contribution in [2.75, 3.05) is 0 Å². The van der Waals surface area contributed by atoms with E-state index in [1.54, 1.807) is 19.1 Å². The standard InChI is InChI=1S/C13H16O3/c1-4-13(3,12(15)16)11(14)10-7-5-9(2)6-8-10/h5-8H,4H2,1-3H3,(H,15,16). The molecule has 1 rings (SSSR count). The second-order valence-corrected chi connectivity index (χ2v) is 4.19. The van der Waals surface area contributed by atoms with Crippen LogP contribution in [0.1, 0.15) is 36.2 Å². The van der Waals surface area contributed by atoms with Gasteiger partial charge in [-0.1, -0.05) is 36.8 Å². The van der Waals surface area contributed by atoms with E-state index in [9.17, 15) is 9.59 Å². The molecule has 0 bridgehead atoms. The van der Waals surface area contributed by atoms with Crippen LogP contribution in [-0.4, -0.2) is 16.9 Å². The predicted molar refractivity (Wildman–Crippen MR) is 61.5 cm³/mol. The fourth-order valence-electron chi connectivity index (χ4n) is 1.43. The van der Waals surface area contributed by atoms with Crippen molar-refractivity contribution in [3.8, 4) is 0 Å². The van der Waals surface area contributed by atoms with Crippen molar-refractivity contribution in [2.45, 2.75) is 27.2 Å². The Morgan fingerprint density at radius 1 is 1.25 bits per heavy atom. The summed E-state index contributed by atoms with van der Waals surface area (Å²) in [4.78, 5) is 23.2. The third-order valence-electron chi connectivity index (χ3n) is 2.99. The zero-order valence-corrected chi connectivity index (χ0v) is 9.78. The van der Waals surface area contributed by atoms with E-state index in [1.807, 2.05) is 19.1 Å². The average molecular weight is 220 g/mol. The average Bonchev–Trinajstić information content (AvgIpc) is 2.27. The van der Waals surface area contributed by atoms with Crippen molar-refractivity contribution in [1.29, 1.82) is 0 Å². The first kappa shape index (κ1) is 12.4. The summed E-state index contributed by atoms with van der Waals surface area (Å²) in [6.07, 6.45) is 0.287. The van der Waals surface area contributed by atoms with Crippen molar-refractivity contribution in [3.05, 3.63) is 35.4 Å². The van der Waals surface area contributed by atoms with Gasteiger partial charge in [0.25, 0.3) is 0 Å². The summed E-state index contributed by atoms with van der Waals surface area (Å²) >= 11 is 0. The van der Waals surface area contributed by atoms with Gasteiger partial charge in [0.05, 0.1) is 0 Å². The molecule has 1 atom stereocenters. The third kappa shape index (κ3) is 2.13. The molecule has 0 heterocycles. The van der Waals surface area contributed by atoms with E-state index < -0.39 is 11.4 Å². The Bertz CT molecular complexity index is 406. The first-order valence-electron chi connectivity index (χ1n) is 5.26. The van der Waals surface area contributed by atoms with E-state index in [2.05, 4.69) is 0 Å². The van der Waals surface area contributed by atoms with E-state index in [0.29, 0.717) is 5.56 Å². The van der Waals surface area contributed by atoms with Gasteiger partial charge in [0.1, 0.15) is 5.41 Å². The highest BCUT2D eigenvalue weighted by molar-refractivity contribution is 6.11. The molecule has 1 aromatic carbocycles. The number of carbonyl (C=O) groups excluding carboxylic acids is 1. The zero-order chi connectivity index (χ0) is 12.3. The maximum atomic E-state index is 12.1. The molecule has 0 aromatic heterocycles. The Hall–Kier alpha value is -1.64. The molecule has 0 radical (unpaired) electrons. The highest BCUT2D eigenvalue weighted by atomic mass is 16.4. The summed E-state index contributed by atoms with van der Waals surface area (Å²) in [5, 5.41) is 9.10. The Morgan fingerprint density at radius 3 is 2.12 bits per heavy atom. The summed E-state index contributed by atoms with van der Waals surface area (Å²) in [6, 6.07) is 6.97. The Morgan fingerprint density at radius 2 is 1.75 bits per heavy atom. The predicted octanol–water partition coefficient (Wildman–Crippen LogP) is 2.68. The fourth-order valence-corrected chi connectivity index (χ4v) is 1.43. The first-order chi connectivity index (χ1) is 7.41. The number of aliphatic carboxylic acids is 1. The first-order valence-corrected chi connectivity index (χ1v) is 5.26. The molecule has 1 unspecified atom stereocenters.